The molecule has 0 aliphatic carbocycles. The second-order valence-electron chi connectivity index (χ2n) is 4.26. The monoisotopic (exact) mass is 212 g/mol. The van der Waals surface area contributed by atoms with Gasteiger partial charge in [0.2, 0.25) is 5.91 Å². The Morgan fingerprint density at radius 2 is 1.87 bits per heavy atom. The van der Waals surface area contributed by atoms with E-state index in [4.69, 9.17) is 0 Å². The lowest BCUT2D eigenvalue weighted by Crippen LogP contribution is -2.50. The highest BCUT2D eigenvalue weighted by molar-refractivity contribution is 5.79. The van der Waals surface area contributed by atoms with E-state index in [2.05, 4.69) is 17.1 Å². The van der Waals surface area contributed by atoms with Crippen molar-refractivity contribution in [2.75, 3.05) is 19.6 Å². The molecule has 2 fully saturated rings. The molecule has 2 saturated heterocycles. The molecule has 2 aliphatic rings. The molecule has 0 atom stereocenters. The Bertz CT molecular complexity index is 208. The Hall–Kier alpha value is -0.570. The first-order chi connectivity index (χ1) is 7.24. The molecular weight excluding hydrogens is 188 g/mol. The summed E-state index contributed by atoms with van der Waals surface area (Å²) in [7, 11) is 0. The van der Waals surface area contributed by atoms with Gasteiger partial charge in [0.05, 0.1) is 0 Å². The number of hydrogen-bond donors (Lipinski definition) is 1. The standard InChI is InChI=1S/C10H18N2O.C2H6/c1-2-12-7-5-10(6-8-12)4-3-9(13)11-10;1-2/h2-8H2,1H3,(H,11,13);1-2H3. The Morgan fingerprint density at radius 3 is 2.27 bits per heavy atom. The second kappa shape index (κ2) is 5.50. The van der Waals surface area contributed by atoms with Gasteiger partial charge in [0.25, 0.3) is 0 Å². The van der Waals surface area contributed by atoms with Gasteiger partial charge in [0, 0.05) is 25.0 Å². The van der Waals surface area contributed by atoms with Crippen LogP contribution in [-0.2, 0) is 4.79 Å². The van der Waals surface area contributed by atoms with Crippen molar-refractivity contribution in [3.05, 3.63) is 0 Å². The summed E-state index contributed by atoms with van der Waals surface area (Å²) in [5.74, 6) is 0.255. The van der Waals surface area contributed by atoms with Crippen molar-refractivity contribution in [1.82, 2.24) is 10.2 Å². The lowest BCUT2D eigenvalue weighted by molar-refractivity contribution is -0.120. The van der Waals surface area contributed by atoms with Crippen molar-refractivity contribution >= 4 is 5.91 Å². The van der Waals surface area contributed by atoms with Crippen LogP contribution in [0.4, 0.5) is 0 Å². The first-order valence-electron chi connectivity index (χ1n) is 6.27. The van der Waals surface area contributed by atoms with Gasteiger partial charge < -0.3 is 10.2 Å². The molecule has 88 valence electrons. The maximum Gasteiger partial charge on any atom is 0.220 e. The van der Waals surface area contributed by atoms with Crippen LogP contribution in [0.25, 0.3) is 0 Å². The zero-order chi connectivity index (χ0) is 11.3. The number of hydrogen-bond acceptors (Lipinski definition) is 2. The highest BCUT2D eigenvalue weighted by Gasteiger charge is 2.39. The third-order valence-electron chi connectivity index (χ3n) is 3.50. The molecule has 0 saturated carbocycles. The quantitative estimate of drug-likeness (QED) is 0.718. The number of piperidine rings is 1. The molecule has 0 aromatic rings. The second-order valence-corrected chi connectivity index (χ2v) is 4.26. The average molecular weight is 212 g/mol. The summed E-state index contributed by atoms with van der Waals surface area (Å²) in [5, 5.41) is 3.15. The van der Waals surface area contributed by atoms with Crippen LogP contribution in [0.2, 0.25) is 0 Å². The minimum absolute atomic E-state index is 0.183. The Kier molecular flexibility index (Phi) is 4.58. The molecule has 15 heavy (non-hydrogen) atoms. The zero-order valence-electron chi connectivity index (χ0n) is 10.3. The van der Waals surface area contributed by atoms with Gasteiger partial charge in [0.1, 0.15) is 0 Å². The van der Waals surface area contributed by atoms with E-state index in [1.54, 1.807) is 0 Å². The predicted octanol–water partition coefficient (Wildman–Crippen LogP) is 1.78. The third-order valence-corrected chi connectivity index (χ3v) is 3.50. The molecule has 0 radical (unpaired) electrons. The van der Waals surface area contributed by atoms with Gasteiger partial charge in [-0.3, -0.25) is 4.79 Å². The molecule has 2 rings (SSSR count). The zero-order valence-corrected chi connectivity index (χ0v) is 10.3. The van der Waals surface area contributed by atoms with E-state index in [1.165, 1.54) is 0 Å². The molecule has 1 amide bonds. The average Bonchev–Trinajstić information content (AvgIpc) is 2.64. The number of carbonyl (C=O) groups is 1. The summed E-state index contributed by atoms with van der Waals surface area (Å²) < 4.78 is 0. The fraction of sp³-hybridized carbons (Fsp3) is 0.917. The van der Waals surface area contributed by atoms with E-state index in [-0.39, 0.29) is 11.4 Å². The highest BCUT2D eigenvalue weighted by atomic mass is 16.2. The fourth-order valence-electron chi connectivity index (χ4n) is 2.45. The fourth-order valence-corrected chi connectivity index (χ4v) is 2.45. The molecule has 0 unspecified atom stereocenters. The van der Waals surface area contributed by atoms with E-state index in [0.29, 0.717) is 0 Å². The minimum atomic E-state index is 0.183. The van der Waals surface area contributed by atoms with Crippen LogP contribution in [0.1, 0.15) is 46.5 Å². The van der Waals surface area contributed by atoms with E-state index >= 15 is 0 Å². The molecule has 0 aromatic carbocycles. The molecule has 3 nitrogen and oxygen atoms in total. The number of nitrogens with zero attached hydrogens (tertiary/aromatic N) is 1. The van der Waals surface area contributed by atoms with Crippen molar-refractivity contribution in [2.24, 2.45) is 0 Å². The van der Waals surface area contributed by atoms with Crippen molar-refractivity contribution in [3.63, 3.8) is 0 Å². The highest BCUT2D eigenvalue weighted by Crippen LogP contribution is 2.30. The summed E-state index contributed by atoms with van der Waals surface area (Å²) in [6.07, 6.45) is 4.09. The van der Waals surface area contributed by atoms with E-state index in [0.717, 1.165) is 45.3 Å². The van der Waals surface area contributed by atoms with E-state index in [1.807, 2.05) is 13.8 Å². The Balaban J connectivity index is 0.000000531. The number of likely N-dealkylation sites (tertiary alicyclic amines) is 1. The summed E-state index contributed by atoms with van der Waals surface area (Å²) in [6.45, 7) is 9.64. The normalized spacial score (nSPS) is 24.6. The molecule has 3 heteroatoms. The van der Waals surface area contributed by atoms with Crippen molar-refractivity contribution in [3.8, 4) is 0 Å². The molecule has 2 aliphatic heterocycles. The lowest BCUT2D eigenvalue weighted by Gasteiger charge is -2.38. The van der Waals surface area contributed by atoms with Gasteiger partial charge in [-0.15, -0.1) is 0 Å². The van der Waals surface area contributed by atoms with Gasteiger partial charge in [-0.25, -0.2) is 0 Å². The maximum absolute atomic E-state index is 11.1. The number of carbonyl (C=O) groups excluding carboxylic acids is 1. The smallest absolute Gasteiger partial charge is 0.220 e. The van der Waals surface area contributed by atoms with Gasteiger partial charge in [-0.1, -0.05) is 20.8 Å². The molecule has 0 bridgehead atoms. The molecule has 2 heterocycles. The maximum atomic E-state index is 11.1. The largest absolute Gasteiger partial charge is 0.351 e. The number of amides is 1. The van der Waals surface area contributed by atoms with E-state index in [9.17, 15) is 4.79 Å². The Morgan fingerprint density at radius 1 is 1.27 bits per heavy atom. The minimum Gasteiger partial charge on any atom is -0.351 e. The summed E-state index contributed by atoms with van der Waals surface area (Å²) in [5.41, 5.74) is 0.183. The molecule has 1 N–H and O–H groups in total. The third kappa shape index (κ3) is 2.94. The number of nitrogens with one attached hydrogen (secondary N) is 1. The predicted molar refractivity (Wildman–Crippen MR) is 62.8 cm³/mol. The summed E-state index contributed by atoms with van der Waals surface area (Å²) in [4.78, 5) is 13.6. The Labute approximate surface area is 93.2 Å². The van der Waals surface area contributed by atoms with Gasteiger partial charge in [-0.2, -0.15) is 0 Å². The molecule has 1 spiro atoms. The van der Waals surface area contributed by atoms with Gasteiger partial charge in [0.15, 0.2) is 0 Å². The SMILES string of the molecule is CC.CCN1CCC2(CCC(=O)N2)CC1. The van der Waals surface area contributed by atoms with Gasteiger partial charge in [-0.05, 0) is 25.8 Å². The van der Waals surface area contributed by atoms with Crippen LogP contribution >= 0.6 is 0 Å². The van der Waals surface area contributed by atoms with Crippen LogP contribution in [0.3, 0.4) is 0 Å². The number of rotatable bonds is 1. The molecular formula is C12H24N2O. The topological polar surface area (TPSA) is 32.3 Å². The van der Waals surface area contributed by atoms with Crippen molar-refractivity contribution < 1.29 is 4.79 Å². The van der Waals surface area contributed by atoms with Crippen molar-refractivity contribution in [2.45, 2.75) is 52.0 Å². The van der Waals surface area contributed by atoms with E-state index < -0.39 is 0 Å². The van der Waals surface area contributed by atoms with Gasteiger partial charge >= 0.3 is 0 Å². The summed E-state index contributed by atoms with van der Waals surface area (Å²) in [6, 6.07) is 0. The lowest BCUT2D eigenvalue weighted by atomic mass is 9.86. The molecule has 0 aromatic heterocycles. The summed E-state index contributed by atoms with van der Waals surface area (Å²) >= 11 is 0. The van der Waals surface area contributed by atoms with Crippen molar-refractivity contribution in [1.29, 1.82) is 0 Å². The van der Waals surface area contributed by atoms with Crippen LogP contribution in [0.15, 0.2) is 0 Å². The van der Waals surface area contributed by atoms with Crippen LogP contribution in [0, 0.1) is 0 Å². The van der Waals surface area contributed by atoms with Crippen LogP contribution < -0.4 is 5.32 Å². The van der Waals surface area contributed by atoms with Crippen LogP contribution in [-0.4, -0.2) is 36.0 Å². The first-order valence-corrected chi connectivity index (χ1v) is 6.27. The van der Waals surface area contributed by atoms with Crippen LogP contribution in [0.5, 0.6) is 0 Å². The first kappa shape index (κ1) is 12.5.